The fourth-order valence-corrected chi connectivity index (χ4v) is 3.18. The van der Waals surface area contributed by atoms with Gasteiger partial charge in [0, 0.05) is 6.07 Å². The second-order valence-corrected chi connectivity index (χ2v) is 6.79. The van der Waals surface area contributed by atoms with Crippen LogP contribution in [0.15, 0.2) is 34.9 Å². The number of rotatable bonds is 7. The van der Waals surface area contributed by atoms with Crippen molar-refractivity contribution in [3.05, 3.63) is 53.2 Å². The van der Waals surface area contributed by atoms with Crippen molar-refractivity contribution in [2.24, 2.45) is 0 Å². The third kappa shape index (κ3) is 5.15. The average Bonchev–Trinajstić information content (AvgIpc) is 2.84. The molecule has 1 heterocycles. The average molecular weight is 342 g/mol. The lowest BCUT2D eigenvalue weighted by atomic mass is 10.1. The fraction of sp³-hybridized carbons (Fsp3) is 0.286. The SMILES string of the molecule is Cc1cc(CS(=O)(=O)NC(Cc2ccc(F)cc2)C(=O)O)on1. The van der Waals surface area contributed by atoms with E-state index in [1.807, 2.05) is 0 Å². The van der Waals surface area contributed by atoms with Gasteiger partial charge in [-0.05, 0) is 31.0 Å². The number of sulfonamides is 1. The number of aryl methyl sites for hydroxylation is 1. The summed E-state index contributed by atoms with van der Waals surface area (Å²) in [6, 6.07) is 5.25. The van der Waals surface area contributed by atoms with Crippen LogP contribution in [0.2, 0.25) is 0 Å². The van der Waals surface area contributed by atoms with Crippen LogP contribution in [-0.2, 0) is 27.0 Å². The summed E-state index contributed by atoms with van der Waals surface area (Å²) in [4.78, 5) is 11.3. The highest BCUT2D eigenvalue weighted by molar-refractivity contribution is 7.88. The topological polar surface area (TPSA) is 110 Å². The smallest absolute Gasteiger partial charge is 0.322 e. The van der Waals surface area contributed by atoms with Crippen molar-refractivity contribution < 1.29 is 27.2 Å². The van der Waals surface area contributed by atoms with E-state index in [0.29, 0.717) is 11.3 Å². The Morgan fingerprint density at radius 2 is 2.04 bits per heavy atom. The van der Waals surface area contributed by atoms with Crippen LogP contribution in [-0.4, -0.2) is 30.7 Å². The molecule has 0 aliphatic rings. The summed E-state index contributed by atoms with van der Waals surface area (Å²) in [5.74, 6) is -2.18. The highest BCUT2D eigenvalue weighted by Gasteiger charge is 2.25. The van der Waals surface area contributed by atoms with Crippen LogP contribution >= 0.6 is 0 Å². The maximum atomic E-state index is 12.9. The van der Waals surface area contributed by atoms with E-state index in [4.69, 9.17) is 4.52 Å². The molecule has 0 radical (unpaired) electrons. The molecule has 2 rings (SSSR count). The summed E-state index contributed by atoms with van der Waals surface area (Å²) in [7, 11) is -3.93. The van der Waals surface area contributed by atoms with Gasteiger partial charge in [0.15, 0.2) is 5.76 Å². The molecule has 2 aromatic rings. The van der Waals surface area contributed by atoms with E-state index in [1.165, 1.54) is 30.3 Å². The van der Waals surface area contributed by atoms with Crippen molar-refractivity contribution in [3.63, 3.8) is 0 Å². The summed E-state index contributed by atoms with van der Waals surface area (Å²) < 4.78 is 43.9. The number of carboxylic acids is 1. The van der Waals surface area contributed by atoms with Gasteiger partial charge in [-0.1, -0.05) is 17.3 Å². The van der Waals surface area contributed by atoms with Crippen molar-refractivity contribution in [2.45, 2.75) is 25.1 Å². The van der Waals surface area contributed by atoms with E-state index in [-0.39, 0.29) is 12.2 Å². The Hall–Kier alpha value is -2.26. The quantitative estimate of drug-likeness (QED) is 0.783. The molecule has 0 aliphatic heterocycles. The van der Waals surface area contributed by atoms with Crippen LogP contribution in [0.5, 0.6) is 0 Å². The third-order valence-corrected chi connectivity index (χ3v) is 4.29. The van der Waals surface area contributed by atoms with Gasteiger partial charge in [-0.2, -0.15) is 0 Å². The van der Waals surface area contributed by atoms with Gasteiger partial charge in [0.25, 0.3) is 0 Å². The molecule has 1 aromatic heterocycles. The van der Waals surface area contributed by atoms with E-state index in [2.05, 4.69) is 9.88 Å². The number of aliphatic carboxylic acids is 1. The zero-order valence-electron chi connectivity index (χ0n) is 12.2. The molecule has 7 nitrogen and oxygen atoms in total. The van der Waals surface area contributed by atoms with Gasteiger partial charge in [-0.25, -0.2) is 17.5 Å². The van der Waals surface area contributed by atoms with E-state index >= 15 is 0 Å². The maximum Gasteiger partial charge on any atom is 0.322 e. The second-order valence-electron chi connectivity index (χ2n) is 5.03. The van der Waals surface area contributed by atoms with Crippen molar-refractivity contribution in [1.29, 1.82) is 0 Å². The molecule has 1 unspecified atom stereocenters. The largest absolute Gasteiger partial charge is 0.480 e. The first-order valence-corrected chi connectivity index (χ1v) is 8.30. The van der Waals surface area contributed by atoms with E-state index in [1.54, 1.807) is 6.92 Å². The minimum absolute atomic E-state index is 0.107. The summed E-state index contributed by atoms with van der Waals surface area (Å²) in [6.07, 6.45) is -0.107. The minimum Gasteiger partial charge on any atom is -0.480 e. The summed E-state index contributed by atoms with van der Waals surface area (Å²) in [5.41, 5.74) is 1.02. The molecule has 0 fully saturated rings. The molecule has 1 atom stereocenters. The molecule has 0 saturated carbocycles. The molecule has 23 heavy (non-hydrogen) atoms. The van der Waals surface area contributed by atoms with Crippen LogP contribution in [0.3, 0.4) is 0 Å². The third-order valence-electron chi connectivity index (χ3n) is 2.98. The number of benzene rings is 1. The monoisotopic (exact) mass is 342 g/mol. The van der Waals surface area contributed by atoms with Crippen molar-refractivity contribution >= 4 is 16.0 Å². The van der Waals surface area contributed by atoms with Crippen LogP contribution in [0, 0.1) is 12.7 Å². The van der Waals surface area contributed by atoms with Gasteiger partial charge in [0.1, 0.15) is 17.6 Å². The summed E-state index contributed by atoms with van der Waals surface area (Å²) >= 11 is 0. The number of carbonyl (C=O) groups is 1. The Balaban J connectivity index is 2.08. The Kier molecular flexibility index (Phi) is 5.12. The number of halogens is 1. The molecule has 1 aromatic carbocycles. The fourth-order valence-electron chi connectivity index (χ4n) is 1.97. The van der Waals surface area contributed by atoms with Gasteiger partial charge in [-0.3, -0.25) is 4.79 Å². The molecule has 124 valence electrons. The van der Waals surface area contributed by atoms with Gasteiger partial charge >= 0.3 is 5.97 Å². The van der Waals surface area contributed by atoms with Crippen molar-refractivity contribution in [3.8, 4) is 0 Å². The molecule has 0 spiro atoms. The van der Waals surface area contributed by atoms with Gasteiger partial charge in [0.05, 0.1) is 5.69 Å². The number of hydrogen-bond donors (Lipinski definition) is 2. The Morgan fingerprint density at radius 3 is 2.57 bits per heavy atom. The highest BCUT2D eigenvalue weighted by atomic mass is 32.2. The number of nitrogens with one attached hydrogen (secondary N) is 1. The Labute approximate surface area is 132 Å². The number of carboxylic acid groups (broad SMARTS) is 1. The molecule has 0 amide bonds. The number of hydrogen-bond acceptors (Lipinski definition) is 5. The van der Waals surface area contributed by atoms with Crippen LogP contribution < -0.4 is 4.72 Å². The van der Waals surface area contributed by atoms with E-state index in [0.717, 1.165) is 0 Å². The molecule has 0 aliphatic carbocycles. The zero-order valence-corrected chi connectivity index (χ0v) is 13.0. The predicted octanol–water partition coefficient (Wildman–Crippen LogP) is 1.24. The minimum atomic E-state index is -3.93. The van der Waals surface area contributed by atoms with Crippen molar-refractivity contribution in [1.82, 2.24) is 9.88 Å². The van der Waals surface area contributed by atoms with Gasteiger partial charge < -0.3 is 9.63 Å². The first-order valence-electron chi connectivity index (χ1n) is 6.64. The lowest BCUT2D eigenvalue weighted by molar-refractivity contribution is -0.138. The van der Waals surface area contributed by atoms with Gasteiger partial charge in [-0.15, -0.1) is 0 Å². The normalized spacial score (nSPS) is 13.0. The van der Waals surface area contributed by atoms with E-state index < -0.39 is 33.6 Å². The van der Waals surface area contributed by atoms with Crippen molar-refractivity contribution in [2.75, 3.05) is 0 Å². The van der Waals surface area contributed by atoms with Gasteiger partial charge in [0.2, 0.25) is 10.0 Å². The standard InChI is InChI=1S/C14H15FN2O5S/c1-9-6-12(22-16-9)8-23(20,21)17-13(14(18)19)7-10-2-4-11(15)5-3-10/h2-6,13,17H,7-8H2,1H3,(H,18,19). The first-order chi connectivity index (χ1) is 10.7. The Bertz CT molecular complexity index is 786. The maximum absolute atomic E-state index is 12.9. The second kappa shape index (κ2) is 6.88. The van der Waals surface area contributed by atoms with E-state index in [9.17, 15) is 22.7 Å². The predicted molar refractivity (Wildman–Crippen MR) is 78.5 cm³/mol. The number of aromatic nitrogens is 1. The molecule has 2 N–H and O–H groups in total. The van der Waals surface area contributed by atoms with Crippen LogP contribution in [0.25, 0.3) is 0 Å². The van der Waals surface area contributed by atoms with Crippen LogP contribution in [0.1, 0.15) is 17.0 Å². The lowest BCUT2D eigenvalue weighted by Crippen LogP contribution is -2.42. The first kappa shape index (κ1) is 17.1. The van der Waals surface area contributed by atoms with Crippen LogP contribution in [0.4, 0.5) is 4.39 Å². The molecule has 9 heteroatoms. The lowest BCUT2D eigenvalue weighted by Gasteiger charge is -2.14. The highest BCUT2D eigenvalue weighted by Crippen LogP contribution is 2.10. The molecule has 0 bridgehead atoms. The zero-order chi connectivity index (χ0) is 17.0. The Morgan fingerprint density at radius 1 is 1.39 bits per heavy atom. The molecule has 0 saturated heterocycles. The molecular weight excluding hydrogens is 327 g/mol. The number of nitrogens with zero attached hydrogens (tertiary/aromatic N) is 1. The summed E-state index contributed by atoms with van der Waals surface area (Å²) in [5, 5.41) is 12.8. The molecular formula is C14H15FN2O5S. The summed E-state index contributed by atoms with van der Waals surface area (Å²) in [6.45, 7) is 1.64.